The molecule has 0 saturated heterocycles. The topological polar surface area (TPSA) is 9.23 Å². The Balaban J connectivity index is 4.37. The number of ether oxygens (including phenoxy) is 1. The van der Waals surface area contributed by atoms with Crippen LogP contribution in [0.5, 0.6) is 5.75 Å². The molecule has 0 aliphatic carbocycles. The standard InChI is InChI=1S/C23H12F26O/c1-4-8-5-9(12(24,25)14(28,29)16(32,33)18(36,37)20(40,41)22(44,45)46)6-10(11(8)50-7(2)3)13(26,27)15(30,31)17(34,35)19(38,39)21(42,43)23(47,48)49/h4-7H,1H2,2-3H3. The molecular weight excluding hydrogens is 786 g/mol. The maximum atomic E-state index is 15.1. The summed E-state index contributed by atoms with van der Waals surface area (Å²) >= 11 is 0. The van der Waals surface area contributed by atoms with E-state index in [-0.39, 0.29) is 6.08 Å². The number of halogens is 26. The van der Waals surface area contributed by atoms with E-state index in [1.54, 1.807) is 0 Å². The van der Waals surface area contributed by atoms with Crippen LogP contribution in [0.4, 0.5) is 114 Å². The number of benzene rings is 1. The summed E-state index contributed by atoms with van der Waals surface area (Å²) in [7, 11) is 0. The number of alkyl halides is 26. The van der Waals surface area contributed by atoms with E-state index in [4.69, 9.17) is 0 Å². The van der Waals surface area contributed by atoms with Gasteiger partial charge in [-0.2, -0.15) is 114 Å². The van der Waals surface area contributed by atoms with Gasteiger partial charge in [-0.3, -0.25) is 0 Å². The minimum absolute atomic E-state index is 0.331. The lowest BCUT2D eigenvalue weighted by molar-refractivity contribution is -0.442. The van der Waals surface area contributed by atoms with Gasteiger partial charge in [-0.15, -0.1) is 0 Å². The fraction of sp³-hybridized carbons (Fsp3) is 0.652. The SMILES string of the molecule is C=Cc1cc(C(F)(F)C(F)(F)C(F)(F)C(F)(F)C(F)(F)C(F)(F)F)cc(C(F)(F)C(F)(F)C(F)(F)C(F)(F)C(F)(F)C(F)(F)F)c1OC(C)C. The summed E-state index contributed by atoms with van der Waals surface area (Å²) < 4.78 is 360. The molecule has 0 spiro atoms. The summed E-state index contributed by atoms with van der Waals surface area (Å²) in [4.78, 5) is 0. The van der Waals surface area contributed by atoms with Crippen LogP contribution in [0.15, 0.2) is 18.7 Å². The van der Waals surface area contributed by atoms with Crippen molar-refractivity contribution < 1.29 is 119 Å². The molecule has 0 fully saturated rings. The molecule has 50 heavy (non-hydrogen) atoms. The fourth-order valence-corrected chi connectivity index (χ4v) is 3.47. The third kappa shape index (κ3) is 5.93. The molecule has 1 rings (SSSR count). The van der Waals surface area contributed by atoms with Crippen molar-refractivity contribution in [3.8, 4) is 5.75 Å². The highest BCUT2D eigenvalue weighted by Crippen LogP contribution is 2.65. The Morgan fingerprint density at radius 2 is 0.760 bits per heavy atom. The van der Waals surface area contributed by atoms with E-state index in [2.05, 4.69) is 11.3 Å². The van der Waals surface area contributed by atoms with Crippen molar-refractivity contribution in [2.75, 3.05) is 0 Å². The van der Waals surface area contributed by atoms with Crippen LogP contribution in [0.25, 0.3) is 6.08 Å². The van der Waals surface area contributed by atoms with E-state index in [1.165, 1.54) is 0 Å². The Bertz CT molecular complexity index is 1410. The van der Waals surface area contributed by atoms with Crippen molar-refractivity contribution >= 4 is 6.08 Å². The van der Waals surface area contributed by atoms with Gasteiger partial charge in [-0.1, -0.05) is 12.7 Å². The molecule has 0 N–H and O–H groups in total. The lowest BCUT2D eigenvalue weighted by Crippen LogP contribution is -2.69. The first-order chi connectivity index (χ1) is 21.5. The van der Waals surface area contributed by atoms with Gasteiger partial charge in [0.1, 0.15) is 5.75 Å². The minimum Gasteiger partial charge on any atom is -0.490 e. The second-order valence-electron chi connectivity index (χ2n) is 10.1. The second kappa shape index (κ2) is 12.0. The summed E-state index contributed by atoms with van der Waals surface area (Å²) in [6, 6.07) is -2.89. The number of rotatable bonds is 13. The maximum absolute atomic E-state index is 15.1. The predicted molar refractivity (Wildman–Crippen MR) is 112 cm³/mol. The molecule has 292 valence electrons. The van der Waals surface area contributed by atoms with Crippen molar-refractivity contribution in [3.63, 3.8) is 0 Å². The zero-order valence-corrected chi connectivity index (χ0v) is 23.3. The van der Waals surface area contributed by atoms with Crippen LogP contribution in [0.2, 0.25) is 0 Å². The molecule has 1 aromatic carbocycles. The normalized spacial score (nSPS) is 15.9. The van der Waals surface area contributed by atoms with Crippen molar-refractivity contribution in [1.29, 1.82) is 0 Å². The Morgan fingerprint density at radius 3 is 1.04 bits per heavy atom. The molecule has 0 saturated carbocycles. The van der Waals surface area contributed by atoms with Crippen LogP contribution in [-0.4, -0.2) is 65.8 Å². The van der Waals surface area contributed by atoms with E-state index in [0.717, 1.165) is 0 Å². The third-order valence-electron chi connectivity index (χ3n) is 6.26. The summed E-state index contributed by atoms with van der Waals surface area (Å²) in [6.07, 6.45) is -18.1. The molecule has 0 unspecified atom stereocenters. The molecule has 0 aromatic heterocycles. The number of hydrogen-bond donors (Lipinski definition) is 0. The molecule has 1 nitrogen and oxygen atoms in total. The first-order valence-electron chi connectivity index (χ1n) is 11.9. The number of hydrogen-bond acceptors (Lipinski definition) is 1. The second-order valence-corrected chi connectivity index (χ2v) is 10.1. The monoisotopic (exact) mass is 798 g/mol. The molecular formula is C23H12F26O. The highest BCUT2D eigenvalue weighted by molar-refractivity contribution is 5.62. The predicted octanol–water partition coefficient (Wildman–Crippen LogP) is 11.5. The van der Waals surface area contributed by atoms with E-state index in [9.17, 15) is 105 Å². The van der Waals surface area contributed by atoms with Gasteiger partial charge < -0.3 is 4.74 Å². The van der Waals surface area contributed by atoms with Gasteiger partial charge in [0.05, 0.1) is 11.7 Å². The Kier molecular flexibility index (Phi) is 10.8. The summed E-state index contributed by atoms with van der Waals surface area (Å²) in [5.41, 5.74) is -9.40. The smallest absolute Gasteiger partial charge is 0.460 e. The van der Waals surface area contributed by atoms with Gasteiger partial charge in [0.2, 0.25) is 0 Å². The van der Waals surface area contributed by atoms with Crippen LogP contribution in [0.3, 0.4) is 0 Å². The third-order valence-corrected chi connectivity index (χ3v) is 6.26. The maximum Gasteiger partial charge on any atom is 0.460 e. The van der Waals surface area contributed by atoms with Gasteiger partial charge in [0, 0.05) is 11.1 Å². The van der Waals surface area contributed by atoms with Crippen molar-refractivity contribution in [3.05, 3.63) is 35.4 Å². The Labute approximate surface area is 258 Å². The average molecular weight is 798 g/mol. The van der Waals surface area contributed by atoms with E-state index in [0.29, 0.717) is 13.8 Å². The van der Waals surface area contributed by atoms with Gasteiger partial charge in [0.15, 0.2) is 0 Å². The summed E-state index contributed by atoms with van der Waals surface area (Å²) in [5.74, 6) is -86.0. The fourth-order valence-electron chi connectivity index (χ4n) is 3.47. The van der Waals surface area contributed by atoms with Crippen molar-refractivity contribution in [1.82, 2.24) is 0 Å². The first-order valence-corrected chi connectivity index (χ1v) is 11.9. The molecule has 0 atom stereocenters. The molecule has 0 amide bonds. The first kappa shape index (κ1) is 45.0. The quantitative estimate of drug-likeness (QED) is 0.181. The zero-order valence-electron chi connectivity index (χ0n) is 23.3. The zero-order chi connectivity index (χ0) is 40.7. The highest BCUT2D eigenvalue weighted by atomic mass is 19.4. The largest absolute Gasteiger partial charge is 0.490 e. The lowest BCUT2D eigenvalue weighted by Gasteiger charge is -2.41. The minimum atomic E-state index is -8.70. The lowest BCUT2D eigenvalue weighted by atomic mass is 9.85. The molecule has 0 heterocycles. The molecule has 0 aliphatic heterocycles. The molecule has 0 bridgehead atoms. The van der Waals surface area contributed by atoms with Crippen LogP contribution < -0.4 is 4.74 Å². The van der Waals surface area contributed by atoms with Gasteiger partial charge in [-0.25, -0.2) is 0 Å². The van der Waals surface area contributed by atoms with Crippen LogP contribution in [-0.2, 0) is 11.8 Å². The van der Waals surface area contributed by atoms with Crippen LogP contribution >= 0.6 is 0 Å². The Morgan fingerprint density at radius 1 is 0.460 bits per heavy atom. The molecule has 0 radical (unpaired) electrons. The molecule has 0 aliphatic rings. The average Bonchev–Trinajstić information content (AvgIpc) is 2.90. The van der Waals surface area contributed by atoms with Gasteiger partial charge >= 0.3 is 71.6 Å². The van der Waals surface area contributed by atoms with E-state index < -0.39 is 112 Å². The molecule has 1 aromatic rings. The highest BCUT2D eigenvalue weighted by Gasteiger charge is 2.92. The van der Waals surface area contributed by atoms with E-state index in [1.807, 2.05) is 0 Å². The van der Waals surface area contributed by atoms with Crippen molar-refractivity contribution in [2.45, 2.75) is 91.5 Å². The van der Waals surface area contributed by atoms with Crippen LogP contribution in [0.1, 0.15) is 30.5 Å². The van der Waals surface area contributed by atoms with Crippen LogP contribution in [0, 0.1) is 0 Å². The Hall–Kier alpha value is -3.06. The van der Waals surface area contributed by atoms with Crippen molar-refractivity contribution in [2.24, 2.45) is 0 Å². The summed E-state index contributed by atoms with van der Waals surface area (Å²) in [5, 5.41) is 0. The van der Waals surface area contributed by atoms with Gasteiger partial charge in [-0.05, 0) is 26.0 Å². The molecule has 27 heteroatoms. The van der Waals surface area contributed by atoms with Gasteiger partial charge in [0.25, 0.3) is 0 Å². The summed E-state index contributed by atoms with van der Waals surface area (Å²) in [6.45, 7) is 3.76. The van der Waals surface area contributed by atoms with E-state index >= 15 is 8.78 Å².